The van der Waals surface area contributed by atoms with Crippen LogP contribution in [0.3, 0.4) is 0 Å². The molecule has 0 aliphatic carbocycles. The van der Waals surface area contributed by atoms with Crippen LogP contribution in [0.4, 0.5) is 5.69 Å². The summed E-state index contributed by atoms with van der Waals surface area (Å²) in [5.74, 6) is 0.471. The van der Waals surface area contributed by atoms with Crippen LogP contribution in [0.25, 0.3) is 0 Å². The third-order valence-corrected chi connectivity index (χ3v) is 5.00. The number of nitrogens with one attached hydrogen (secondary N) is 1. The number of amides is 1. The summed E-state index contributed by atoms with van der Waals surface area (Å²) in [6.45, 7) is 6.36. The van der Waals surface area contributed by atoms with Gasteiger partial charge in [0.05, 0.1) is 6.54 Å². The molecule has 3 N–H and O–H groups in total. The Kier molecular flexibility index (Phi) is 9.03. The molecule has 156 valence electrons. The number of halogens is 2. The minimum atomic E-state index is -0.0698. The van der Waals surface area contributed by atoms with Crippen LogP contribution in [0.2, 0.25) is 5.02 Å². The lowest BCUT2D eigenvalue weighted by atomic mass is 10.1. The van der Waals surface area contributed by atoms with Gasteiger partial charge in [-0.05, 0) is 48.9 Å². The fourth-order valence-electron chi connectivity index (χ4n) is 3.19. The summed E-state index contributed by atoms with van der Waals surface area (Å²) in [7, 11) is 0. The van der Waals surface area contributed by atoms with Gasteiger partial charge in [0.1, 0.15) is 0 Å². The molecule has 0 unspecified atom stereocenters. The Labute approximate surface area is 194 Å². The van der Waals surface area contributed by atoms with Crippen LogP contribution in [0.1, 0.15) is 22.8 Å². The van der Waals surface area contributed by atoms with Gasteiger partial charge in [-0.3, -0.25) is 4.79 Å². The number of hydrogen-bond donors (Lipinski definition) is 2. The Balaban J connectivity index is 0.00000300. The second-order valence-corrected chi connectivity index (χ2v) is 7.12. The molecule has 0 radical (unpaired) electrons. The Morgan fingerprint density at radius 1 is 1.14 bits per heavy atom. The molecule has 1 fully saturated rings. The Morgan fingerprint density at radius 3 is 2.48 bits per heavy atom. The van der Waals surface area contributed by atoms with Gasteiger partial charge in [0.2, 0.25) is 0 Å². The number of nitrogens with two attached hydrogens (primary N) is 1. The van der Waals surface area contributed by atoms with Gasteiger partial charge in [-0.1, -0.05) is 23.7 Å². The number of benzene rings is 2. The maximum atomic E-state index is 12.0. The predicted octanol–water partition coefficient (Wildman–Crippen LogP) is 3.34. The van der Waals surface area contributed by atoms with E-state index in [4.69, 9.17) is 17.3 Å². The molecule has 6 nitrogen and oxygen atoms in total. The second kappa shape index (κ2) is 11.3. The van der Waals surface area contributed by atoms with Crippen LogP contribution >= 0.6 is 35.6 Å². The van der Waals surface area contributed by atoms with Crippen molar-refractivity contribution in [3.63, 3.8) is 0 Å². The van der Waals surface area contributed by atoms with Crippen LogP contribution in [-0.4, -0.2) is 49.5 Å². The highest BCUT2D eigenvalue weighted by Crippen LogP contribution is 2.19. The topological polar surface area (TPSA) is 74.0 Å². The number of anilines is 1. The molecule has 1 amide bonds. The Morgan fingerprint density at radius 2 is 1.83 bits per heavy atom. The Bertz CT molecular complexity index is 835. The fourth-order valence-corrected chi connectivity index (χ4v) is 3.32. The molecule has 1 aliphatic heterocycles. The molecule has 1 heterocycles. The van der Waals surface area contributed by atoms with Gasteiger partial charge in [-0.2, -0.15) is 0 Å². The zero-order chi connectivity index (χ0) is 19.9. The van der Waals surface area contributed by atoms with E-state index in [1.165, 1.54) is 5.69 Å². The number of aliphatic imine (C=N–C) groups is 1. The first-order valence-corrected chi connectivity index (χ1v) is 9.87. The largest absolute Gasteiger partial charge is 0.370 e. The zero-order valence-electron chi connectivity index (χ0n) is 16.5. The molecule has 1 saturated heterocycles. The van der Waals surface area contributed by atoms with E-state index >= 15 is 0 Å². The van der Waals surface area contributed by atoms with E-state index in [1.807, 2.05) is 49.4 Å². The van der Waals surface area contributed by atoms with Crippen molar-refractivity contribution in [2.45, 2.75) is 13.5 Å². The van der Waals surface area contributed by atoms with Crippen LogP contribution < -0.4 is 16.0 Å². The minimum absolute atomic E-state index is 0. The van der Waals surface area contributed by atoms with E-state index in [1.54, 1.807) is 6.07 Å². The molecular weight excluding hydrogens is 501 g/mol. The normalized spacial score (nSPS) is 14.3. The number of guanidine groups is 1. The minimum Gasteiger partial charge on any atom is -0.370 e. The highest BCUT2D eigenvalue weighted by Gasteiger charge is 2.18. The van der Waals surface area contributed by atoms with Crippen molar-refractivity contribution in [3.8, 4) is 0 Å². The monoisotopic (exact) mass is 527 g/mol. The maximum Gasteiger partial charge on any atom is 0.251 e. The summed E-state index contributed by atoms with van der Waals surface area (Å²) in [4.78, 5) is 20.9. The molecule has 1 aliphatic rings. The molecular formula is C21H27ClIN5O. The van der Waals surface area contributed by atoms with E-state index in [-0.39, 0.29) is 29.9 Å². The predicted molar refractivity (Wildman–Crippen MR) is 130 cm³/mol. The maximum absolute atomic E-state index is 12.0. The summed E-state index contributed by atoms with van der Waals surface area (Å²) in [5.41, 5.74) is 8.98. The third-order valence-electron chi connectivity index (χ3n) is 4.75. The molecule has 3 rings (SSSR count). The van der Waals surface area contributed by atoms with Gasteiger partial charge in [-0.25, -0.2) is 4.99 Å². The lowest BCUT2D eigenvalue weighted by Crippen LogP contribution is -2.51. The number of carbonyl (C=O) groups excluding carboxylic acids is 1. The lowest BCUT2D eigenvalue weighted by molar-refractivity contribution is 0.0955. The molecule has 0 atom stereocenters. The number of hydrogen-bond acceptors (Lipinski definition) is 3. The van der Waals surface area contributed by atoms with Crippen molar-refractivity contribution < 1.29 is 4.79 Å². The molecule has 2 aromatic carbocycles. The van der Waals surface area contributed by atoms with E-state index in [0.29, 0.717) is 24.6 Å². The highest BCUT2D eigenvalue weighted by molar-refractivity contribution is 14.0. The summed E-state index contributed by atoms with van der Waals surface area (Å²) in [6.07, 6.45) is 0. The first-order valence-electron chi connectivity index (χ1n) is 9.49. The summed E-state index contributed by atoms with van der Waals surface area (Å²) >= 11 is 5.96. The third kappa shape index (κ3) is 6.50. The van der Waals surface area contributed by atoms with Crippen molar-refractivity contribution >= 4 is 53.1 Å². The standard InChI is InChI=1S/C21H26ClN5O.HI/c1-2-24-20(28)17-5-3-4-16(14-17)15-25-21(23)27-12-10-26(11-13-27)19-8-6-18(22)7-9-19;/h3-9,14H,2,10-13,15H2,1H3,(H2,23,25)(H,24,28);1H. The van der Waals surface area contributed by atoms with Crippen molar-refractivity contribution in [1.29, 1.82) is 0 Å². The summed E-state index contributed by atoms with van der Waals surface area (Å²) in [5, 5.41) is 3.55. The first kappa shape index (κ1) is 23.3. The van der Waals surface area contributed by atoms with E-state index < -0.39 is 0 Å². The number of carbonyl (C=O) groups is 1. The van der Waals surface area contributed by atoms with Crippen LogP contribution in [-0.2, 0) is 6.54 Å². The zero-order valence-corrected chi connectivity index (χ0v) is 19.6. The van der Waals surface area contributed by atoms with Gasteiger partial charge in [0, 0.05) is 49.0 Å². The number of rotatable bonds is 5. The van der Waals surface area contributed by atoms with E-state index in [2.05, 4.69) is 20.1 Å². The van der Waals surface area contributed by atoms with Gasteiger partial charge in [0.25, 0.3) is 5.91 Å². The summed E-state index contributed by atoms with van der Waals surface area (Å²) in [6, 6.07) is 15.4. The second-order valence-electron chi connectivity index (χ2n) is 6.68. The van der Waals surface area contributed by atoms with Crippen LogP contribution in [0.15, 0.2) is 53.5 Å². The van der Waals surface area contributed by atoms with Crippen molar-refractivity contribution in [3.05, 3.63) is 64.7 Å². The highest BCUT2D eigenvalue weighted by atomic mass is 127. The van der Waals surface area contributed by atoms with Gasteiger partial charge < -0.3 is 20.9 Å². The van der Waals surface area contributed by atoms with Crippen molar-refractivity contribution in [2.75, 3.05) is 37.6 Å². The average molecular weight is 528 g/mol. The molecule has 8 heteroatoms. The first-order chi connectivity index (χ1) is 13.6. The SMILES string of the molecule is CCNC(=O)c1cccc(CN=C(N)N2CCN(c3ccc(Cl)cc3)CC2)c1.I. The molecule has 0 saturated carbocycles. The fraction of sp³-hybridized carbons (Fsp3) is 0.333. The number of nitrogens with zero attached hydrogens (tertiary/aromatic N) is 3. The van der Waals surface area contributed by atoms with E-state index in [0.717, 1.165) is 36.8 Å². The molecule has 0 bridgehead atoms. The molecule has 0 aromatic heterocycles. The smallest absolute Gasteiger partial charge is 0.251 e. The summed E-state index contributed by atoms with van der Waals surface area (Å²) < 4.78 is 0. The molecule has 0 spiro atoms. The van der Waals surface area contributed by atoms with Crippen molar-refractivity contribution in [1.82, 2.24) is 10.2 Å². The van der Waals surface area contributed by atoms with Crippen LogP contribution in [0, 0.1) is 0 Å². The van der Waals surface area contributed by atoms with Gasteiger partial charge in [0.15, 0.2) is 5.96 Å². The average Bonchev–Trinajstić information content (AvgIpc) is 2.73. The lowest BCUT2D eigenvalue weighted by Gasteiger charge is -2.36. The molecule has 29 heavy (non-hydrogen) atoms. The quantitative estimate of drug-likeness (QED) is 0.355. The van der Waals surface area contributed by atoms with Crippen molar-refractivity contribution in [2.24, 2.45) is 10.7 Å². The number of piperazine rings is 1. The van der Waals surface area contributed by atoms with Gasteiger partial charge >= 0.3 is 0 Å². The van der Waals surface area contributed by atoms with Gasteiger partial charge in [-0.15, -0.1) is 24.0 Å². The van der Waals surface area contributed by atoms with Crippen LogP contribution in [0.5, 0.6) is 0 Å². The molecule has 2 aromatic rings. The Hall–Kier alpha value is -2.00. The van der Waals surface area contributed by atoms with E-state index in [9.17, 15) is 4.79 Å².